The van der Waals surface area contributed by atoms with Gasteiger partial charge >= 0.3 is 0 Å². The van der Waals surface area contributed by atoms with Crippen LogP contribution in [-0.4, -0.2) is 6.21 Å². The smallest absolute Gasteiger partial charge is 0.0627 e. The number of hydrogen-bond donors (Lipinski definition) is 1. The molecule has 0 aliphatic rings. The van der Waals surface area contributed by atoms with Crippen LogP contribution in [0.5, 0.6) is 0 Å². The summed E-state index contributed by atoms with van der Waals surface area (Å²) in [7, 11) is 0. The predicted molar refractivity (Wildman–Crippen MR) is 77.0 cm³/mol. The van der Waals surface area contributed by atoms with Crippen LogP contribution in [0.3, 0.4) is 0 Å². The SMILES string of the molecule is CCCCCCCCC=Nc1ccc(N)cc1. The standard InChI is InChI=1S/C15H24N2/c1-2-3-4-5-6-7-8-13-17-15-11-9-14(16)10-12-15/h9-13H,2-8,16H2,1H3. The highest BCUT2D eigenvalue weighted by molar-refractivity contribution is 5.63. The summed E-state index contributed by atoms with van der Waals surface area (Å²) in [4.78, 5) is 4.40. The van der Waals surface area contributed by atoms with Gasteiger partial charge in [-0.05, 0) is 37.1 Å². The molecule has 0 aliphatic carbocycles. The molecule has 0 bridgehead atoms. The van der Waals surface area contributed by atoms with Crippen LogP contribution in [0.25, 0.3) is 0 Å². The quantitative estimate of drug-likeness (QED) is 0.393. The fourth-order valence-corrected chi connectivity index (χ4v) is 1.75. The van der Waals surface area contributed by atoms with E-state index in [4.69, 9.17) is 5.73 Å². The maximum atomic E-state index is 5.61. The number of rotatable bonds is 8. The molecule has 0 aromatic heterocycles. The fourth-order valence-electron chi connectivity index (χ4n) is 1.75. The van der Waals surface area contributed by atoms with Crippen LogP contribution < -0.4 is 5.73 Å². The molecule has 2 heteroatoms. The molecule has 2 N–H and O–H groups in total. The van der Waals surface area contributed by atoms with Crippen molar-refractivity contribution in [3.8, 4) is 0 Å². The molecule has 0 aliphatic heterocycles. The highest BCUT2D eigenvalue weighted by Gasteiger charge is 1.89. The molecule has 0 radical (unpaired) electrons. The van der Waals surface area contributed by atoms with E-state index in [9.17, 15) is 0 Å². The van der Waals surface area contributed by atoms with Crippen LogP contribution >= 0.6 is 0 Å². The largest absolute Gasteiger partial charge is 0.399 e. The predicted octanol–water partition coefficient (Wildman–Crippen LogP) is 4.72. The molecule has 0 spiro atoms. The monoisotopic (exact) mass is 232 g/mol. The molecule has 0 atom stereocenters. The zero-order valence-corrected chi connectivity index (χ0v) is 10.9. The van der Waals surface area contributed by atoms with Gasteiger partial charge in [0.25, 0.3) is 0 Å². The van der Waals surface area contributed by atoms with Crippen molar-refractivity contribution in [1.29, 1.82) is 0 Å². The summed E-state index contributed by atoms with van der Waals surface area (Å²) >= 11 is 0. The third kappa shape index (κ3) is 6.77. The Morgan fingerprint density at radius 2 is 1.65 bits per heavy atom. The topological polar surface area (TPSA) is 38.4 Å². The van der Waals surface area contributed by atoms with Gasteiger partial charge in [0.1, 0.15) is 0 Å². The molecule has 0 heterocycles. The van der Waals surface area contributed by atoms with Crippen LogP contribution in [0, 0.1) is 0 Å². The molecular weight excluding hydrogens is 208 g/mol. The molecule has 2 nitrogen and oxygen atoms in total. The number of nitrogens with two attached hydrogens (primary N) is 1. The number of aliphatic imine (C=N–C) groups is 1. The van der Waals surface area contributed by atoms with Crippen molar-refractivity contribution >= 4 is 17.6 Å². The Bertz CT molecular complexity index is 314. The fraction of sp³-hybridized carbons (Fsp3) is 0.533. The summed E-state index contributed by atoms with van der Waals surface area (Å²) in [5.74, 6) is 0. The maximum Gasteiger partial charge on any atom is 0.0627 e. The van der Waals surface area contributed by atoms with Crippen LogP contribution in [0.1, 0.15) is 51.9 Å². The van der Waals surface area contributed by atoms with Gasteiger partial charge in [0.2, 0.25) is 0 Å². The van der Waals surface area contributed by atoms with Gasteiger partial charge in [0, 0.05) is 11.9 Å². The minimum atomic E-state index is 0.792. The van der Waals surface area contributed by atoms with Gasteiger partial charge in [0.15, 0.2) is 0 Å². The van der Waals surface area contributed by atoms with Crippen molar-refractivity contribution in [2.24, 2.45) is 4.99 Å². The second kappa shape index (κ2) is 8.80. The van der Waals surface area contributed by atoms with Crippen LogP contribution in [0.4, 0.5) is 11.4 Å². The van der Waals surface area contributed by atoms with Gasteiger partial charge < -0.3 is 5.73 Å². The molecule has 1 aromatic rings. The molecule has 1 aromatic carbocycles. The van der Waals surface area contributed by atoms with Crippen molar-refractivity contribution in [2.45, 2.75) is 51.9 Å². The van der Waals surface area contributed by atoms with Crippen LogP contribution in [0.2, 0.25) is 0 Å². The Kier molecular flexibility index (Phi) is 7.12. The van der Waals surface area contributed by atoms with Gasteiger partial charge in [-0.15, -0.1) is 0 Å². The number of unbranched alkanes of at least 4 members (excludes halogenated alkanes) is 6. The summed E-state index contributed by atoms with van der Waals surface area (Å²) in [6.45, 7) is 2.25. The number of anilines is 1. The summed E-state index contributed by atoms with van der Waals surface area (Å²) in [5.41, 5.74) is 7.39. The Morgan fingerprint density at radius 3 is 2.35 bits per heavy atom. The number of nitrogen functional groups attached to an aromatic ring is 1. The summed E-state index contributed by atoms with van der Waals surface area (Å²) < 4.78 is 0. The molecular formula is C15H24N2. The Morgan fingerprint density at radius 1 is 1.00 bits per heavy atom. The second-order valence-corrected chi connectivity index (χ2v) is 4.46. The lowest BCUT2D eigenvalue weighted by molar-refractivity contribution is 0.617. The normalized spacial score (nSPS) is 11.1. The zero-order valence-electron chi connectivity index (χ0n) is 10.9. The van der Waals surface area contributed by atoms with E-state index >= 15 is 0 Å². The minimum absolute atomic E-state index is 0.792. The Labute approximate surface area is 105 Å². The van der Waals surface area contributed by atoms with Crippen LogP contribution in [-0.2, 0) is 0 Å². The molecule has 17 heavy (non-hydrogen) atoms. The van der Waals surface area contributed by atoms with Gasteiger partial charge in [0.05, 0.1) is 5.69 Å². The molecule has 94 valence electrons. The minimum Gasteiger partial charge on any atom is -0.399 e. The van der Waals surface area contributed by atoms with Gasteiger partial charge in [-0.1, -0.05) is 39.0 Å². The molecule has 0 amide bonds. The molecule has 1 rings (SSSR count). The lowest BCUT2D eigenvalue weighted by Crippen LogP contribution is -1.82. The number of benzene rings is 1. The van der Waals surface area contributed by atoms with Gasteiger partial charge in [-0.25, -0.2) is 0 Å². The third-order valence-electron chi connectivity index (χ3n) is 2.82. The first-order valence-electron chi connectivity index (χ1n) is 6.71. The first-order chi connectivity index (χ1) is 8.33. The number of nitrogens with zero attached hydrogens (tertiary/aromatic N) is 1. The van der Waals surface area contributed by atoms with E-state index in [2.05, 4.69) is 11.9 Å². The van der Waals surface area contributed by atoms with Gasteiger partial charge in [-0.3, -0.25) is 4.99 Å². The van der Waals surface area contributed by atoms with E-state index in [-0.39, 0.29) is 0 Å². The van der Waals surface area contributed by atoms with E-state index in [0.717, 1.165) is 17.8 Å². The van der Waals surface area contributed by atoms with E-state index in [1.807, 2.05) is 30.5 Å². The molecule has 0 saturated carbocycles. The van der Waals surface area contributed by atoms with Crippen molar-refractivity contribution in [3.63, 3.8) is 0 Å². The lowest BCUT2D eigenvalue weighted by Gasteiger charge is -1.98. The van der Waals surface area contributed by atoms with E-state index < -0.39 is 0 Å². The first-order valence-corrected chi connectivity index (χ1v) is 6.71. The average molecular weight is 232 g/mol. The summed E-state index contributed by atoms with van der Waals surface area (Å²) in [5, 5.41) is 0. The van der Waals surface area contributed by atoms with E-state index in [1.165, 1.54) is 38.5 Å². The Balaban J connectivity index is 2.08. The van der Waals surface area contributed by atoms with Crippen molar-refractivity contribution in [3.05, 3.63) is 24.3 Å². The van der Waals surface area contributed by atoms with E-state index in [0.29, 0.717) is 0 Å². The summed E-state index contributed by atoms with van der Waals surface area (Å²) in [6, 6.07) is 7.68. The molecule has 0 fully saturated rings. The van der Waals surface area contributed by atoms with Crippen LogP contribution in [0.15, 0.2) is 29.3 Å². The van der Waals surface area contributed by atoms with Crippen molar-refractivity contribution in [1.82, 2.24) is 0 Å². The Hall–Kier alpha value is -1.31. The maximum absolute atomic E-state index is 5.61. The third-order valence-corrected chi connectivity index (χ3v) is 2.82. The lowest BCUT2D eigenvalue weighted by atomic mass is 10.1. The second-order valence-electron chi connectivity index (χ2n) is 4.46. The van der Waals surface area contributed by atoms with Crippen molar-refractivity contribution < 1.29 is 0 Å². The highest BCUT2D eigenvalue weighted by Crippen LogP contribution is 2.13. The van der Waals surface area contributed by atoms with Gasteiger partial charge in [-0.2, -0.15) is 0 Å². The number of hydrogen-bond acceptors (Lipinski definition) is 2. The first kappa shape index (κ1) is 13.8. The molecule has 0 saturated heterocycles. The zero-order chi connectivity index (χ0) is 12.3. The van der Waals surface area contributed by atoms with Crippen molar-refractivity contribution in [2.75, 3.05) is 5.73 Å². The average Bonchev–Trinajstić information content (AvgIpc) is 2.35. The highest BCUT2D eigenvalue weighted by atomic mass is 14.7. The molecule has 0 unspecified atom stereocenters. The van der Waals surface area contributed by atoms with E-state index in [1.54, 1.807) is 0 Å². The summed E-state index contributed by atoms with van der Waals surface area (Å²) in [6.07, 6.45) is 11.1.